The summed E-state index contributed by atoms with van der Waals surface area (Å²) in [5.74, 6) is -0.0223. The van der Waals surface area contributed by atoms with Crippen molar-refractivity contribution in [2.75, 3.05) is 29.0 Å². The number of rotatable bonds is 9. The number of carbonyl (C=O) groups is 1. The standard InChI is InChI=1S/C21H21F2N11O2/c1-33-10-26-16-18(24-9-15(35)28-11-3-4-12-13(7-11)30-21(36)29-12)31-20(32-19(16)33)25-8-14(17(22)23)34-6-2-5-27-34/h2-7,10,14,17H,8-9H2,1H3,(H,28,35)(H2,29,30,36)(H2,24,25,31,32). The van der Waals surface area contributed by atoms with Crippen LogP contribution in [0.3, 0.4) is 0 Å². The zero-order valence-electron chi connectivity index (χ0n) is 18.9. The van der Waals surface area contributed by atoms with Crippen LogP contribution in [0.5, 0.6) is 0 Å². The Kier molecular flexibility index (Phi) is 6.02. The van der Waals surface area contributed by atoms with Crippen molar-refractivity contribution in [2.24, 2.45) is 7.05 Å². The van der Waals surface area contributed by atoms with Gasteiger partial charge in [0.1, 0.15) is 6.04 Å². The van der Waals surface area contributed by atoms with Crippen molar-refractivity contribution in [1.29, 1.82) is 0 Å². The van der Waals surface area contributed by atoms with Crippen molar-refractivity contribution in [2.45, 2.75) is 12.5 Å². The average Bonchev–Trinajstić information content (AvgIpc) is 3.58. The topological polar surface area (TPSA) is 163 Å². The third-order valence-electron chi connectivity index (χ3n) is 5.40. The number of aryl methyl sites for hydroxylation is 1. The lowest BCUT2D eigenvalue weighted by Crippen LogP contribution is -2.26. The van der Waals surface area contributed by atoms with Gasteiger partial charge in [-0.3, -0.25) is 9.48 Å². The van der Waals surface area contributed by atoms with E-state index < -0.39 is 12.5 Å². The Morgan fingerprint density at radius 2 is 2.00 bits per heavy atom. The molecule has 0 saturated carbocycles. The Hall–Kier alpha value is -4.82. The van der Waals surface area contributed by atoms with Gasteiger partial charge in [0.15, 0.2) is 17.0 Å². The van der Waals surface area contributed by atoms with Crippen LogP contribution in [0.2, 0.25) is 0 Å². The number of benzene rings is 1. The zero-order valence-corrected chi connectivity index (χ0v) is 18.9. The Bertz CT molecular complexity index is 1570. The Morgan fingerprint density at radius 1 is 1.17 bits per heavy atom. The molecule has 15 heteroatoms. The number of hydrogen-bond acceptors (Lipinski definition) is 8. The van der Waals surface area contributed by atoms with E-state index in [0.29, 0.717) is 27.9 Å². The van der Waals surface area contributed by atoms with Crippen LogP contribution in [0.4, 0.5) is 26.2 Å². The van der Waals surface area contributed by atoms with Gasteiger partial charge in [0.25, 0.3) is 6.43 Å². The molecule has 0 aliphatic rings. The number of halogens is 2. The second-order valence-electron chi connectivity index (χ2n) is 7.93. The summed E-state index contributed by atoms with van der Waals surface area (Å²) in [4.78, 5) is 42.2. The number of alkyl halides is 2. The summed E-state index contributed by atoms with van der Waals surface area (Å²) in [6.07, 6.45) is 1.76. The number of aromatic nitrogens is 8. The highest BCUT2D eigenvalue weighted by atomic mass is 19.3. The number of hydrogen-bond donors (Lipinski definition) is 5. The molecular weight excluding hydrogens is 476 g/mol. The largest absolute Gasteiger partial charge is 0.359 e. The lowest BCUT2D eigenvalue weighted by Gasteiger charge is -2.17. The van der Waals surface area contributed by atoms with E-state index in [1.807, 2.05) is 0 Å². The van der Waals surface area contributed by atoms with E-state index in [4.69, 9.17) is 0 Å². The van der Waals surface area contributed by atoms with Gasteiger partial charge in [0, 0.05) is 31.7 Å². The van der Waals surface area contributed by atoms with Crippen molar-refractivity contribution in [3.05, 3.63) is 53.5 Å². The molecule has 186 valence electrons. The average molecular weight is 497 g/mol. The first-order chi connectivity index (χ1) is 17.4. The van der Waals surface area contributed by atoms with Crippen LogP contribution in [-0.4, -0.2) is 64.7 Å². The molecule has 5 rings (SSSR count). The Morgan fingerprint density at radius 3 is 2.78 bits per heavy atom. The van der Waals surface area contributed by atoms with Crippen LogP contribution in [-0.2, 0) is 11.8 Å². The lowest BCUT2D eigenvalue weighted by molar-refractivity contribution is -0.114. The fourth-order valence-corrected chi connectivity index (χ4v) is 3.66. The van der Waals surface area contributed by atoms with Gasteiger partial charge in [-0.15, -0.1) is 0 Å². The van der Waals surface area contributed by atoms with E-state index in [1.54, 1.807) is 35.9 Å². The molecule has 0 fully saturated rings. The highest BCUT2D eigenvalue weighted by molar-refractivity contribution is 5.96. The van der Waals surface area contributed by atoms with Crippen LogP contribution < -0.4 is 21.6 Å². The summed E-state index contributed by atoms with van der Waals surface area (Å²) >= 11 is 0. The second-order valence-corrected chi connectivity index (χ2v) is 7.93. The molecule has 1 aromatic carbocycles. The number of H-pyrrole nitrogens is 2. The minimum absolute atomic E-state index is 0.0914. The Balaban J connectivity index is 1.30. The molecule has 1 amide bonds. The van der Waals surface area contributed by atoms with Gasteiger partial charge in [0.05, 0.1) is 23.9 Å². The summed E-state index contributed by atoms with van der Waals surface area (Å²) in [6, 6.07) is 5.31. The molecule has 0 aliphatic carbocycles. The summed E-state index contributed by atoms with van der Waals surface area (Å²) in [7, 11) is 1.73. The van der Waals surface area contributed by atoms with Crippen LogP contribution >= 0.6 is 0 Å². The normalized spacial score (nSPS) is 12.3. The van der Waals surface area contributed by atoms with Crippen LogP contribution in [0.15, 0.2) is 47.8 Å². The van der Waals surface area contributed by atoms with Crippen molar-refractivity contribution < 1.29 is 13.6 Å². The number of amides is 1. The first-order valence-electron chi connectivity index (χ1n) is 10.8. The van der Waals surface area contributed by atoms with E-state index in [9.17, 15) is 18.4 Å². The molecule has 0 saturated heterocycles. The van der Waals surface area contributed by atoms with Crippen LogP contribution in [0.25, 0.3) is 22.2 Å². The molecular formula is C21H21F2N11O2. The van der Waals surface area contributed by atoms with E-state index in [0.717, 1.165) is 0 Å². The van der Waals surface area contributed by atoms with E-state index in [2.05, 4.69) is 46.0 Å². The lowest BCUT2D eigenvalue weighted by atomic mass is 10.2. The number of imidazole rings is 2. The summed E-state index contributed by atoms with van der Waals surface area (Å²) in [6.45, 7) is -0.330. The van der Waals surface area contributed by atoms with Gasteiger partial charge < -0.3 is 30.5 Å². The second kappa shape index (κ2) is 9.44. The maximum Gasteiger partial charge on any atom is 0.323 e. The molecule has 0 radical (unpaired) electrons. The predicted octanol–water partition coefficient (Wildman–Crippen LogP) is 1.70. The fraction of sp³-hybridized carbons (Fsp3) is 0.238. The quantitative estimate of drug-likeness (QED) is 0.205. The molecule has 5 N–H and O–H groups in total. The van der Waals surface area contributed by atoms with E-state index in [-0.39, 0.29) is 36.5 Å². The first-order valence-corrected chi connectivity index (χ1v) is 10.8. The van der Waals surface area contributed by atoms with Crippen molar-refractivity contribution in [3.63, 3.8) is 0 Å². The highest BCUT2D eigenvalue weighted by Crippen LogP contribution is 2.22. The molecule has 13 nitrogen and oxygen atoms in total. The van der Waals surface area contributed by atoms with E-state index >= 15 is 0 Å². The number of aromatic amines is 2. The minimum atomic E-state index is -2.66. The molecule has 0 bridgehead atoms. The summed E-state index contributed by atoms with van der Waals surface area (Å²) < 4.78 is 29.9. The smallest absolute Gasteiger partial charge is 0.323 e. The maximum atomic E-state index is 13.6. The third-order valence-corrected chi connectivity index (χ3v) is 5.40. The van der Waals surface area contributed by atoms with Gasteiger partial charge >= 0.3 is 5.69 Å². The van der Waals surface area contributed by atoms with Gasteiger partial charge in [-0.25, -0.2) is 18.6 Å². The van der Waals surface area contributed by atoms with Crippen LogP contribution in [0.1, 0.15) is 6.04 Å². The number of anilines is 3. The van der Waals surface area contributed by atoms with E-state index in [1.165, 1.54) is 23.4 Å². The highest BCUT2D eigenvalue weighted by Gasteiger charge is 2.23. The zero-order chi connectivity index (χ0) is 25.2. The molecule has 36 heavy (non-hydrogen) atoms. The van der Waals surface area contributed by atoms with Crippen molar-refractivity contribution in [3.8, 4) is 0 Å². The third kappa shape index (κ3) is 4.70. The number of nitrogens with zero attached hydrogens (tertiary/aromatic N) is 6. The molecule has 4 heterocycles. The van der Waals surface area contributed by atoms with Crippen LogP contribution in [0, 0.1) is 0 Å². The van der Waals surface area contributed by atoms with Crippen molar-refractivity contribution >= 4 is 45.6 Å². The first kappa shape index (κ1) is 22.9. The molecule has 1 unspecified atom stereocenters. The van der Waals surface area contributed by atoms with Gasteiger partial charge in [-0.2, -0.15) is 15.1 Å². The maximum absolute atomic E-state index is 13.6. The molecule has 1 atom stereocenters. The molecule has 4 aromatic heterocycles. The fourth-order valence-electron chi connectivity index (χ4n) is 3.66. The minimum Gasteiger partial charge on any atom is -0.359 e. The number of carbonyl (C=O) groups excluding carboxylic acids is 1. The Labute approximate surface area is 201 Å². The molecule has 0 aliphatic heterocycles. The summed E-state index contributed by atoms with van der Waals surface area (Å²) in [5, 5.41) is 12.4. The summed E-state index contributed by atoms with van der Waals surface area (Å²) in [5.41, 5.74) is 2.20. The predicted molar refractivity (Wildman–Crippen MR) is 128 cm³/mol. The van der Waals surface area contributed by atoms with Gasteiger partial charge in [-0.1, -0.05) is 0 Å². The number of nitrogens with one attached hydrogen (secondary N) is 5. The molecule has 0 spiro atoms. The van der Waals surface area contributed by atoms with Gasteiger partial charge in [0.2, 0.25) is 11.9 Å². The number of fused-ring (bicyclic) bond motifs is 2. The monoisotopic (exact) mass is 497 g/mol. The molecule has 5 aromatic rings. The SMILES string of the molecule is Cn1cnc2c(NCC(=O)Nc3ccc4[nH]c(=O)[nH]c4c3)nc(NCC(C(F)F)n3cccn3)nc21. The van der Waals surface area contributed by atoms with Crippen molar-refractivity contribution in [1.82, 2.24) is 39.3 Å². The van der Waals surface area contributed by atoms with Gasteiger partial charge in [-0.05, 0) is 24.3 Å².